The van der Waals surface area contributed by atoms with Crippen molar-refractivity contribution in [3.63, 3.8) is 0 Å². The van der Waals surface area contributed by atoms with Gasteiger partial charge in [-0.15, -0.1) is 0 Å². The van der Waals surface area contributed by atoms with E-state index >= 15 is 0 Å². The van der Waals surface area contributed by atoms with Gasteiger partial charge in [0.2, 0.25) is 0 Å². The molecule has 30 heavy (non-hydrogen) atoms. The van der Waals surface area contributed by atoms with E-state index in [1.54, 1.807) is 6.20 Å². The van der Waals surface area contributed by atoms with Crippen LogP contribution in [0.15, 0.2) is 79.1 Å². The van der Waals surface area contributed by atoms with Crippen molar-refractivity contribution in [2.24, 2.45) is 0 Å². The van der Waals surface area contributed by atoms with Gasteiger partial charge in [-0.1, -0.05) is 48.5 Å². The summed E-state index contributed by atoms with van der Waals surface area (Å²) in [5.74, 6) is -0.711. The van der Waals surface area contributed by atoms with Crippen molar-refractivity contribution in [1.29, 1.82) is 0 Å². The number of carbonyl (C=O) groups is 1. The highest BCUT2D eigenvalue weighted by atomic mass is 16.7. The van der Waals surface area contributed by atoms with Crippen LogP contribution in [0.3, 0.4) is 0 Å². The Bertz CT molecular complexity index is 976. The molecule has 0 radical (unpaired) electrons. The summed E-state index contributed by atoms with van der Waals surface area (Å²) in [4.78, 5) is 16.8. The standard InChI is InChI=1S/C24H25N3O3/c1-24(2)29-16-21(22(30-24)18-7-4-3-5-8-18)27-23(28)26-20-12-10-17(11-13-20)19-9-6-14-25-15-19/h3-15,21-22H,16H2,1-2H3,(H2,26,27,28)/t21-,22-/m0/s1. The number of aromatic nitrogens is 1. The van der Waals surface area contributed by atoms with Crippen LogP contribution in [0, 0.1) is 0 Å². The summed E-state index contributed by atoms with van der Waals surface area (Å²) in [6.45, 7) is 4.12. The molecule has 0 aliphatic carbocycles. The molecule has 1 aromatic heterocycles. The Kier molecular flexibility index (Phi) is 5.79. The molecule has 2 atom stereocenters. The number of ether oxygens (including phenoxy) is 2. The van der Waals surface area contributed by atoms with Crippen LogP contribution in [0.25, 0.3) is 11.1 Å². The summed E-state index contributed by atoms with van der Waals surface area (Å²) in [5.41, 5.74) is 3.77. The second kappa shape index (κ2) is 8.65. The van der Waals surface area contributed by atoms with E-state index in [4.69, 9.17) is 9.47 Å². The topological polar surface area (TPSA) is 72.5 Å². The molecule has 154 valence electrons. The van der Waals surface area contributed by atoms with Gasteiger partial charge in [0.1, 0.15) is 6.10 Å². The Balaban J connectivity index is 1.42. The second-order valence-corrected chi connectivity index (χ2v) is 7.68. The number of nitrogens with zero attached hydrogens (tertiary/aromatic N) is 1. The van der Waals surface area contributed by atoms with Crippen molar-refractivity contribution in [2.75, 3.05) is 11.9 Å². The maximum Gasteiger partial charge on any atom is 0.319 e. The minimum Gasteiger partial charge on any atom is -0.348 e. The van der Waals surface area contributed by atoms with Crippen LogP contribution in [-0.4, -0.2) is 29.5 Å². The van der Waals surface area contributed by atoms with Crippen LogP contribution in [0.1, 0.15) is 25.5 Å². The molecule has 3 aromatic rings. The van der Waals surface area contributed by atoms with Crippen LogP contribution < -0.4 is 10.6 Å². The first kappa shape index (κ1) is 20.1. The molecule has 2 aromatic carbocycles. The highest BCUT2D eigenvalue weighted by Crippen LogP contribution is 2.33. The fourth-order valence-corrected chi connectivity index (χ4v) is 3.48. The van der Waals surface area contributed by atoms with E-state index in [0.717, 1.165) is 16.7 Å². The fraction of sp³-hybridized carbons (Fsp3) is 0.250. The van der Waals surface area contributed by atoms with Crippen molar-refractivity contribution in [3.8, 4) is 11.1 Å². The normalized spacial score (nSPS) is 20.3. The zero-order valence-corrected chi connectivity index (χ0v) is 17.0. The monoisotopic (exact) mass is 403 g/mol. The van der Waals surface area contributed by atoms with Crippen molar-refractivity contribution in [3.05, 3.63) is 84.7 Å². The lowest BCUT2D eigenvalue weighted by molar-refractivity contribution is -0.284. The summed E-state index contributed by atoms with van der Waals surface area (Å²) in [7, 11) is 0. The van der Waals surface area contributed by atoms with E-state index in [9.17, 15) is 4.79 Å². The van der Waals surface area contributed by atoms with E-state index in [0.29, 0.717) is 12.3 Å². The lowest BCUT2D eigenvalue weighted by atomic mass is 10.0. The van der Waals surface area contributed by atoms with Gasteiger partial charge in [0.25, 0.3) is 0 Å². The molecule has 0 saturated carbocycles. The molecule has 1 aliphatic rings. The Labute approximate surface area is 176 Å². The number of carbonyl (C=O) groups excluding carboxylic acids is 1. The van der Waals surface area contributed by atoms with Crippen LogP contribution >= 0.6 is 0 Å². The molecular formula is C24H25N3O3. The SMILES string of the molecule is CC1(C)OC[C@H](NC(=O)Nc2ccc(-c3cccnc3)cc2)[C@H](c2ccccc2)O1. The van der Waals surface area contributed by atoms with Crippen LogP contribution in [0.2, 0.25) is 0 Å². The predicted molar refractivity (Wildman–Crippen MR) is 116 cm³/mol. The lowest BCUT2D eigenvalue weighted by Crippen LogP contribution is -2.52. The third kappa shape index (κ3) is 4.84. The molecule has 0 spiro atoms. The van der Waals surface area contributed by atoms with Crippen molar-refractivity contribution >= 4 is 11.7 Å². The average Bonchev–Trinajstić information content (AvgIpc) is 2.76. The van der Waals surface area contributed by atoms with Gasteiger partial charge in [0, 0.05) is 18.1 Å². The molecule has 1 aliphatic heterocycles. The third-order valence-corrected chi connectivity index (χ3v) is 4.97. The highest BCUT2D eigenvalue weighted by Gasteiger charge is 2.38. The third-order valence-electron chi connectivity index (χ3n) is 4.97. The quantitative estimate of drug-likeness (QED) is 0.659. The highest BCUT2D eigenvalue weighted by molar-refractivity contribution is 5.89. The predicted octanol–water partition coefficient (Wildman–Crippen LogP) is 4.76. The summed E-state index contributed by atoms with van der Waals surface area (Å²) in [5, 5.41) is 5.87. The number of rotatable bonds is 4. The van der Waals surface area contributed by atoms with Crippen molar-refractivity contribution in [1.82, 2.24) is 10.3 Å². The van der Waals surface area contributed by atoms with E-state index in [1.807, 2.05) is 86.8 Å². The number of hydrogen-bond acceptors (Lipinski definition) is 4. The summed E-state index contributed by atoms with van der Waals surface area (Å²) in [6, 6.07) is 20.8. The van der Waals surface area contributed by atoms with Gasteiger partial charge in [-0.2, -0.15) is 0 Å². The smallest absolute Gasteiger partial charge is 0.319 e. The van der Waals surface area contributed by atoms with Gasteiger partial charge in [-0.3, -0.25) is 4.98 Å². The van der Waals surface area contributed by atoms with Gasteiger partial charge in [0.15, 0.2) is 5.79 Å². The van der Waals surface area contributed by atoms with E-state index in [-0.39, 0.29) is 18.2 Å². The molecule has 2 heterocycles. The zero-order chi connectivity index (χ0) is 21.0. The first-order valence-electron chi connectivity index (χ1n) is 9.95. The molecule has 6 nitrogen and oxygen atoms in total. The number of urea groups is 1. The van der Waals surface area contributed by atoms with Crippen LogP contribution in [0.5, 0.6) is 0 Å². The number of pyridine rings is 1. The maximum atomic E-state index is 12.6. The zero-order valence-electron chi connectivity index (χ0n) is 17.0. The first-order valence-corrected chi connectivity index (χ1v) is 9.95. The molecule has 1 fully saturated rings. The largest absolute Gasteiger partial charge is 0.348 e. The fourth-order valence-electron chi connectivity index (χ4n) is 3.48. The van der Waals surface area contributed by atoms with Crippen LogP contribution in [-0.2, 0) is 9.47 Å². The Morgan fingerprint density at radius 3 is 2.47 bits per heavy atom. The van der Waals surface area contributed by atoms with Gasteiger partial charge >= 0.3 is 6.03 Å². The second-order valence-electron chi connectivity index (χ2n) is 7.68. The molecule has 0 unspecified atom stereocenters. The minimum atomic E-state index is -0.711. The Hall–Kier alpha value is -3.22. The molecule has 0 bridgehead atoms. The van der Waals surface area contributed by atoms with E-state index in [2.05, 4.69) is 15.6 Å². The maximum absolute atomic E-state index is 12.6. The molecule has 4 rings (SSSR count). The molecule has 2 N–H and O–H groups in total. The average molecular weight is 403 g/mol. The number of anilines is 1. The van der Waals surface area contributed by atoms with Gasteiger partial charge in [0.05, 0.1) is 12.6 Å². The van der Waals surface area contributed by atoms with Gasteiger partial charge in [-0.25, -0.2) is 4.79 Å². The molecule has 1 saturated heterocycles. The number of nitrogens with one attached hydrogen (secondary N) is 2. The number of amides is 2. The van der Waals surface area contributed by atoms with Crippen molar-refractivity contribution < 1.29 is 14.3 Å². The number of benzene rings is 2. The minimum absolute atomic E-state index is 0.298. The number of hydrogen-bond donors (Lipinski definition) is 2. The van der Waals surface area contributed by atoms with Gasteiger partial charge in [-0.05, 0) is 48.7 Å². The van der Waals surface area contributed by atoms with E-state index in [1.165, 1.54) is 0 Å². The summed E-state index contributed by atoms with van der Waals surface area (Å²) >= 11 is 0. The summed E-state index contributed by atoms with van der Waals surface area (Å²) in [6.07, 6.45) is 3.25. The molecular weight excluding hydrogens is 378 g/mol. The van der Waals surface area contributed by atoms with Crippen molar-refractivity contribution in [2.45, 2.75) is 31.8 Å². The Morgan fingerprint density at radius 2 is 1.77 bits per heavy atom. The lowest BCUT2D eigenvalue weighted by Gasteiger charge is -2.41. The Morgan fingerprint density at radius 1 is 1.00 bits per heavy atom. The summed E-state index contributed by atoms with van der Waals surface area (Å²) < 4.78 is 11.9. The molecule has 2 amide bonds. The first-order chi connectivity index (χ1) is 14.5. The van der Waals surface area contributed by atoms with Crippen LogP contribution in [0.4, 0.5) is 10.5 Å². The van der Waals surface area contributed by atoms with E-state index < -0.39 is 5.79 Å². The van der Waals surface area contributed by atoms with Gasteiger partial charge < -0.3 is 20.1 Å². The molecule has 6 heteroatoms.